The van der Waals surface area contributed by atoms with Crippen LogP contribution in [0.2, 0.25) is 0 Å². The summed E-state index contributed by atoms with van der Waals surface area (Å²) < 4.78 is 39.1. The molecule has 0 aliphatic rings. The first-order valence-electron chi connectivity index (χ1n) is 9.12. The molecule has 0 fully saturated rings. The summed E-state index contributed by atoms with van der Waals surface area (Å²) in [5.74, 6) is -1.19. The van der Waals surface area contributed by atoms with Crippen LogP contribution in [0.1, 0.15) is 5.56 Å². The van der Waals surface area contributed by atoms with Crippen molar-refractivity contribution in [1.29, 1.82) is 0 Å². The molecular weight excluding hydrogens is 392 g/mol. The van der Waals surface area contributed by atoms with E-state index < -0.39 is 18.4 Å². The Kier molecular flexibility index (Phi) is 6.20. The molecule has 0 unspecified atom stereocenters. The number of hydrogen-bond acceptors (Lipinski definition) is 4. The lowest BCUT2D eigenvalue weighted by Gasteiger charge is -2.25. The van der Waals surface area contributed by atoms with E-state index in [1.807, 2.05) is 0 Å². The number of anilines is 2. The second kappa shape index (κ2) is 8.82. The van der Waals surface area contributed by atoms with Gasteiger partial charge in [0, 0.05) is 24.4 Å². The molecule has 0 radical (unpaired) electrons. The molecule has 0 bridgehead atoms. The Morgan fingerprint density at radius 3 is 2.50 bits per heavy atom. The fourth-order valence-electron chi connectivity index (χ4n) is 3.21. The molecule has 5 nitrogen and oxygen atoms in total. The predicted octanol–water partition coefficient (Wildman–Crippen LogP) is 5.18. The average molecular weight is 413 g/mol. The number of rotatable bonds is 7. The molecule has 7 heteroatoms. The van der Waals surface area contributed by atoms with Gasteiger partial charge in [-0.05, 0) is 54.4 Å². The van der Waals surface area contributed by atoms with Crippen molar-refractivity contribution in [2.45, 2.75) is 6.92 Å². The molecule has 3 aromatic carbocycles. The standard InChI is InChI=1S/C23H21F2NO4/c1-14-21(30-13-22(27)28)8-7-20(25)23(14)26(2)18-10-16(11-19(12-18)29-3)15-5-4-6-17(24)9-15/h4-12H,13H2,1-3H3,(H,27,28). The number of methoxy groups -OCH3 is 1. The Morgan fingerprint density at radius 2 is 1.83 bits per heavy atom. The van der Waals surface area contributed by atoms with Gasteiger partial charge >= 0.3 is 5.97 Å². The number of hydrogen-bond donors (Lipinski definition) is 1. The molecule has 0 amide bonds. The lowest BCUT2D eigenvalue weighted by molar-refractivity contribution is -0.139. The van der Waals surface area contributed by atoms with Crippen molar-refractivity contribution in [2.75, 3.05) is 25.7 Å². The largest absolute Gasteiger partial charge is 0.497 e. The molecule has 0 aliphatic heterocycles. The zero-order valence-corrected chi connectivity index (χ0v) is 16.8. The van der Waals surface area contributed by atoms with Crippen molar-refractivity contribution >= 4 is 17.3 Å². The Balaban J connectivity index is 2.06. The quantitative estimate of drug-likeness (QED) is 0.578. The van der Waals surface area contributed by atoms with Crippen LogP contribution in [0.3, 0.4) is 0 Å². The van der Waals surface area contributed by atoms with Gasteiger partial charge in [-0.3, -0.25) is 0 Å². The van der Waals surface area contributed by atoms with E-state index in [1.165, 1.54) is 31.4 Å². The topological polar surface area (TPSA) is 59.0 Å². The first-order valence-corrected chi connectivity index (χ1v) is 9.12. The highest BCUT2D eigenvalue weighted by Gasteiger charge is 2.18. The normalized spacial score (nSPS) is 10.6. The molecule has 3 rings (SSSR count). The van der Waals surface area contributed by atoms with Crippen LogP contribution in [0.5, 0.6) is 11.5 Å². The van der Waals surface area contributed by atoms with Crippen molar-refractivity contribution in [3.8, 4) is 22.6 Å². The first kappa shape index (κ1) is 21.1. The first-order chi connectivity index (χ1) is 14.3. The van der Waals surface area contributed by atoms with Gasteiger partial charge < -0.3 is 19.5 Å². The summed E-state index contributed by atoms with van der Waals surface area (Å²) in [5.41, 5.74) is 2.64. The lowest BCUT2D eigenvalue weighted by Crippen LogP contribution is -2.15. The fourth-order valence-corrected chi connectivity index (χ4v) is 3.21. The molecule has 0 spiro atoms. The highest BCUT2D eigenvalue weighted by atomic mass is 19.1. The molecule has 0 heterocycles. The maximum absolute atomic E-state index is 14.7. The van der Waals surface area contributed by atoms with Gasteiger partial charge in [-0.15, -0.1) is 0 Å². The fraction of sp³-hybridized carbons (Fsp3) is 0.174. The van der Waals surface area contributed by atoms with E-state index in [1.54, 1.807) is 49.2 Å². The maximum atomic E-state index is 14.7. The second-order valence-electron chi connectivity index (χ2n) is 6.69. The third-order valence-corrected chi connectivity index (χ3v) is 4.69. The van der Waals surface area contributed by atoms with Crippen LogP contribution in [0.15, 0.2) is 54.6 Å². The Morgan fingerprint density at radius 1 is 1.07 bits per heavy atom. The number of halogens is 2. The monoisotopic (exact) mass is 413 g/mol. The number of benzene rings is 3. The van der Waals surface area contributed by atoms with Crippen molar-refractivity contribution in [3.63, 3.8) is 0 Å². The van der Waals surface area contributed by atoms with Gasteiger partial charge in [-0.2, -0.15) is 0 Å². The van der Waals surface area contributed by atoms with E-state index in [9.17, 15) is 13.6 Å². The number of carboxylic acids is 1. The molecule has 0 atom stereocenters. The molecular formula is C23H21F2NO4. The highest BCUT2D eigenvalue weighted by Crippen LogP contribution is 2.38. The van der Waals surface area contributed by atoms with Gasteiger partial charge in [0.2, 0.25) is 0 Å². The van der Waals surface area contributed by atoms with Crippen molar-refractivity contribution in [2.24, 2.45) is 0 Å². The molecule has 1 N–H and O–H groups in total. The van der Waals surface area contributed by atoms with Crippen LogP contribution in [-0.4, -0.2) is 31.8 Å². The van der Waals surface area contributed by atoms with Gasteiger partial charge in [0.25, 0.3) is 0 Å². The van der Waals surface area contributed by atoms with Gasteiger partial charge in [0.1, 0.15) is 23.1 Å². The van der Waals surface area contributed by atoms with E-state index >= 15 is 0 Å². The highest BCUT2D eigenvalue weighted by molar-refractivity contribution is 5.76. The van der Waals surface area contributed by atoms with E-state index in [-0.39, 0.29) is 17.3 Å². The van der Waals surface area contributed by atoms with Crippen molar-refractivity contribution in [3.05, 3.63) is 71.8 Å². The molecule has 3 aromatic rings. The summed E-state index contributed by atoms with van der Waals surface area (Å²) in [6.45, 7) is 1.12. The van der Waals surface area contributed by atoms with E-state index in [2.05, 4.69) is 0 Å². The van der Waals surface area contributed by atoms with Gasteiger partial charge in [-0.1, -0.05) is 12.1 Å². The Bertz CT molecular complexity index is 1080. The number of ether oxygens (including phenoxy) is 2. The lowest BCUT2D eigenvalue weighted by atomic mass is 10.0. The zero-order valence-electron chi connectivity index (χ0n) is 16.8. The average Bonchev–Trinajstić information content (AvgIpc) is 2.72. The van der Waals surface area contributed by atoms with Crippen LogP contribution < -0.4 is 14.4 Å². The molecule has 30 heavy (non-hydrogen) atoms. The molecule has 0 aromatic heterocycles. The van der Waals surface area contributed by atoms with Crippen LogP contribution in [0.4, 0.5) is 20.2 Å². The summed E-state index contributed by atoms with van der Waals surface area (Å²) >= 11 is 0. The number of carboxylic acid groups (broad SMARTS) is 1. The molecule has 156 valence electrons. The van der Waals surface area contributed by atoms with Crippen LogP contribution >= 0.6 is 0 Å². The number of aliphatic carboxylic acids is 1. The SMILES string of the molecule is COc1cc(-c2cccc(F)c2)cc(N(C)c2c(F)ccc(OCC(=O)O)c2C)c1. The Labute approximate surface area is 173 Å². The minimum Gasteiger partial charge on any atom is -0.497 e. The second-order valence-corrected chi connectivity index (χ2v) is 6.69. The van der Waals surface area contributed by atoms with Gasteiger partial charge in [-0.25, -0.2) is 13.6 Å². The zero-order chi connectivity index (χ0) is 21.8. The van der Waals surface area contributed by atoms with Crippen molar-refractivity contribution < 1.29 is 28.2 Å². The number of carbonyl (C=O) groups is 1. The minimum absolute atomic E-state index is 0.233. The summed E-state index contributed by atoms with van der Waals surface area (Å²) in [6, 6.07) is 14.1. The molecule has 0 saturated carbocycles. The van der Waals surface area contributed by atoms with Crippen molar-refractivity contribution in [1.82, 2.24) is 0 Å². The molecule has 0 saturated heterocycles. The Hall–Kier alpha value is -3.61. The van der Waals surface area contributed by atoms with Crippen LogP contribution in [0.25, 0.3) is 11.1 Å². The summed E-state index contributed by atoms with van der Waals surface area (Å²) in [6.07, 6.45) is 0. The summed E-state index contributed by atoms with van der Waals surface area (Å²) in [7, 11) is 3.19. The number of nitrogens with zero attached hydrogens (tertiary/aromatic N) is 1. The van der Waals surface area contributed by atoms with Gasteiger partial charge in [0.15, 0.2) is 6.61 Å². The summed E-state index contributed by atoms with van der Waals surface area (Å²) in [5, 5.41) is 8.84. The third kappa shape index (κ3) is 4.51. The van der Waals surface area contributed by atoms with E-state index in [0.29, 0.717) is 28.1 Å². The summed E-state index contributed by atoms with van der Waals surface area (Å²) in [4.78, 5) is 12.4. The smallest absolute Gasteiger partial charge is 0.341 e. The predicted molar refractivity (Wildman–Crippen MR) is 111 cm³/mol. The maximum Gasteiger partial charge on any atom is 0.341 e. The van der Waals surface area contributed by atoms with E-state index in [0.717, 1.165) is 0 Å². The van der Waals surface area contributed by atoms with Gasteiger partial charge in [0.05, 0.1) is 12.8 Å². The third-order valence-electron chi connectivity index (χ3n) is 4.69. The van der Waals surface area contributed by atoms with E-state index in [4.69, 9.17) is 14.6 Å². The minimum atomic E-state index is -1.12. The van der Waals surface area contributed by atoms with Crippen LogP contribution in [-0.2, 0) is 4.79 Å². The van der Waals surface area contributed by atoms with Crippen LogP contribution in [0, 0.1) is 18.6 Å². The molecule has 0 aliphatic carbocycles.